The molecule has 0 aliphatic rings. The number of alkyl halides is 3. The van der Waals surface area contributed by atoms with Gasteiger partial charge in [0.2, 0.25) is 5.91 Å². The maximum absolute atomic E-state index is 13.1. The molecule has 0 aliphatic heterocycles. The predicted octanol–water partition coefficient (Wildman–Crippen LogP) is 4.11. The van der Waals surface area contributed by atoms with Gasteiger partial charge in [-0.3, -0.25) is 18.7 Å². The number of aromatic nitrogens is 4. The molecule has 0 atom stereocenters. The minimum atomic E-state index is -4.62. The third-order valence-corrected chi connectivity index (χ3v) is 6.83. The van der Waals surface area contributed by atoms with E-state index in [9.17, 15) is 27.6 Å². The molecule has 2 aromatic heterocycles. The molecule has 1 N–H and O–H groups in total. The number of methoxy groups -OCH3 is 1. The number of carbonyl (C=O) groups is 1. The summed E-state index contributed by atoms with van der Waals surface area (Å²) in [7, 11) is 4.27. The van der Waals surface area contributed by atoms with Gasteiger partial charge in [0.1, 0.15) is 16.2 Å². The Morgan fingerprint density at radius 3 is 2.39 bits per heavy atom. The minimum absolute atomic E-state index is 0.0155. The number of nitrogens with one attached hydrogen (secondary N) is 1. The number of aryl methyl sites for hydroxylation is 1. The van der Waals surface area contributed by atoms with E-state index in [-0.39, 0.29) is 38.3 Å². The van der Waals surface area contributed by atoms with Crippen LogP contribution in [0, 0.1) is 0 Å². The Hall–Kier alpha value is -3.84. The number of nitrogens with zero attached hydrogens (tertiary/aromatic N) is 4. The lowest BCUT2D eigenvalue weighted by atomic mass is 10.2. The number of hydrogen-bond acceptors (Lipinski definition) is 7. The Bertz CT molecular complexity index is 1670. The highest BCUT2D eigenvalue weighted by Gasteiger charge is 2.31. The summed E-state index contributed by atoms with van der Waals surface area (Å²) in [4.78, 5) is 47.1. The zero-order valence-electron chi connectivity index (χ0n) is 20.1. The fourth-order valence-electron chi connectivity index (χ4n) is 3.52. The molecule has 0 bridgehead atoms. The van der Waals surface area contributed by atoms with Gasteiger partial charge in [0, 0.05) is 19.7 Å². The van der Waals surface area contributed by atoms with Crippen molar-refractivity contribution in [3.8, 4) is 17.1 Å². The van der Waals surface area contributed by atoms with E-state index in [0.717, 1.165) is 34.5 Å². The van der Waals surface area contributed by atoms with Gasteiger partial charge in [-0.25, -0.2) is 14.8 Å². The fourth-order valence-corrected chi connectivity index (χ4v) is 4.50. The molecule has 198 valence electrons. The molecule has 14 heteroatoms. The summed E-state index contributed by atoms with van der Waals surface area (Å²) in [5.41, 5.74) is -1.83. The predicted molar refractivity (Wildman–Crippen MR) is 138 cm³/mol. The smallest absolute Gasteiger partial charge is 0.416 e. The summed E-state index contributed by atoms with van der Waals surface area (Å²) in [5.74, 6) is -0.231. The lowest BCUT2D eigenvalue weighted by Gasteiger charge is -2.13. The fraction of sp³-hybridized carbons (Fsp3) is 0.208. The largest absolute Gasteiger partial charge is 0.497 e. The maximum atomic E-state index is 13.1. The summed E-state index contributed by atoms with van der Waals surface area (Å²) in [6, 6.07) is 9.33. The van der Waals surface area contributed by atoms with Crippen molar-refractivity contribution in [1.29, 1.82) is 0 Å². The van der Waals surface area contributed by atoms with Gasteiger partial charge < -0.3 is 10.1 Å². The van der Waals surface area contributed by atoms with Gasteiger partial charge in [-0.15, -0.1) is 0 Å². The van der Waals surface area contributed by atoms with Crippen molar-refractivity contribution in [3.05, 3.63) is 73.9 Å². The third kappa shape index (κ3) is 5.38. The normalized spacial score (nSPS) is 11.6. The van der Waals surface area contributed by atoms with Gasteiger partial charge >= 0.3 is 11.9 Å². The van der Waals surface area contributed by atoms with Crippen molar-refractivity contribution in [3.63, 3.8) is 0 Å². The van der Waals surface area contributed by atoms with E-state index in [1.165, 1.54) is 25.8 Å². The summed E-state index contributed by atoms with van der Waals surface area (Å²) in [6.07, 6.45) is -4.62. The highest BCUT2D eigenvalue weighted by Crippen LogP contribution is 2.34. The maximum Gasteiger partial charge on any atom is 0.416 e. The second kappa shape index (κ2) is 10.5. The van der Waals surface area contributed by atoms with Crippen molar-refractivity contribution < 1.29 is 22.7 Å². The molecule has 9 nitrogen and oxygen atoms in total. The van der Waals surface area contributed by atoms with Crippen LogP contribution in [0.5, 0.6) is 5.75 Å². The number of rotatable bonds is 6. The highest BCUT2D eigenvalue weighted by atomic mass is 35.5. The lowest BCUT2D eigenvalue weighted by Crippen LogP contribution is -2.37. The first-order chi connectivity index (χ1) is 17.9. The van der Waals surface area contributed by atoms with E-state index < -0.39 is 28.9 Å². The van der Waals surface area contributed by atoms with Crippen LogP contribution in [-0.4, -0.2) is 37.9 Å². The van der Waals surface area contributed by atoms with Crippen molar-refractivity contribution in [2.45, 2.75) is 11.2 Å². The van der Waals surface area contributed by atoms with E-state index in [1.54, 1.807) is 24.3 Å². The van der Waals surface area contributed by atoms with E-state index in [1.807, 2.05) is 0 Å². The van der Waals surface area contributed by atoms with Crippen LogP contribution < -0.4 is 21.3 Å². The van der Waals surface area contributed by atoms with Crippen molar-refractivity contribution >= 4 is 46.0 Å². The highest BCUT2D eigenvalue weighted by molar-refractivity contribution is 8.00. The Morgan fingerprint density at radius 1 is 1.08 bits per heavy atom. The molecule has 4 aromatic rings. The van der Waals surface area contributed by atoms with Gasteiger partial charge in [-0.2, -0.15) is 13.2 Å². The van der Waals surface area contributed by atoms with Crippen LogP contribution in [0.2, 0.25) is 5.02 Å². The molecule has 0 saturated heterocycles. The summed E-state index contributed by atoms with van der Waals surface area (Å²) in [5, 5.41) is 2.41. The van der Waals surface area contributed by atoms with E-state index in [2.05, 4.69) is 15.3 Å². The molecule has 4 rings (SSSR count). The number of fused-ring (bicyclic) bond motifs is 1. The van der Waals surface area contributed by atoms with Crippen LogP contribution in [-0.2, 0) is 25.1 Å². The summed E-state index contributed by atoms with van der Waals surface area (Å²) in [6.45, 7) is 0. The average molecular weight is 566 g/mol. The molecule has 0 fully saturated rings. The topological polar surface area (TPSA) is 108 Å². The monoisotopic (exact) mass is 565 g/mol. The quantitative estimate of drug-likeness (QED) is 0.277. The number of anilines is 1. The Balaban J connectivity index is 1.72. The average Bonchev–Trinajstić information content (AvgIpc) is 2.89. The summed E-state index contributed by atoms with van der Waals surface area (Å²) >= 11 is 6.84. The third-order valence-electron chi connectivity index (χ3n) is 5.52. The van der Waals surface area contributed by atoms with E-state index in [4.69, 9.17) is 16.3 Å². The minimum Gasteiger partial charge on any atom is -0.497 e. The van der Waals surface area contributed by atoms with Crippen LogP contribution >= 0.6 is 23.4 Å². The number of benzene rings is 2. The SMILES string of the molecule is COc1ccc(-c2nc(SCC(=O)Nc3cc(C(F)(F)F)ccc3Cl)c3c(=O)n(C)c(=O)n(C)c3n2)cc1. The van der Waals surface area contributed by atoms with E-state index in [0.29, 0.717) is 11.3 Å². The molecule has 0 unspecified atom stereocenters. The summed E-state index contributed by atoms with van der Waals surface area (Å²) < 4.78 is 46.5. The van der Waals surface area contributed by atoms with E-state index >= 15 is 0 Å². The van der Waals surface area contributed by atoms with Crippen LogP contribution in [0.1, 0.15) is 5.56 Å². The molecule has 0 spiro atoms. The number of halogens is 4. The first kappa shape index (κ1) is 27.2. The van der Waals surface area contributed by atoms with Crippen molar-refractivity contribution in [2.24, 2.45) is 14.1 Å². The van der Waals surface area contributed by atoms with Crippen LogP contribution in [0.15, 0.2) is 57.1 Å². The molecular formula is C24H19ClF3N5O4S. The van der Waals surface area contributed by atoms with Crippen molar-refractivity contribution in [1.82, 2.24) is 19.1 Å². The van der Waals surface area contributed by atoms with Gasteiger partial charge in [-0.05, 0) is 42.5 Å². The number of carbonyl (C=O) groups excluding carboxylic acids is 1. The first-order valence-corrected chi connectivity index (χ1v) is 12.2. The van der Waals surface area contributed by atoms with Gasteiger partial charge in [0.25, 0.3) is 5.56 Å². The molecule has 38 heavy (non-hydrogen) atoms. The molecule has 2 aromatic carbocycles. The zero-order chi connectivity index (χ0) is 27.8. The van der Waals surface area contributed by atoms with Crippen LogP contribution in [0.25, 0.3) is 22.4 Å². The number of hydrogen-bond donors (Lipinski definition) is 1. The molecule has 2 heterocycles. The number of ether oxygens (including phenoxy) is 1. The van der Waals surface area contributed by atoms with Gasteiger partial charge in [-0.1, -0.05) is 23.4 Å². The van der Waals surface area contributed by atoms with Gasteiger partial charge in [0.15, 0.2) is 11.5 Å². The Labute approximate surface area is 222 Å². The first-order valence-electron chi connectivity index (χ1n) is 10.8. The number of thioether (sulfide) groups is 1. The van der Waals surface area contributed by atoms with Crippen LogP contribution in [0.4, 0.5) is 18.9 Å². The molecule has 1 amide bonds. The Morgan fingerprint density at radius 2 is 1.76 bits per heavy atom. The standard InChI is InChI=1S/C24H19ClF3N5O4S/c1-32-20-18(22(35)33(2)23(32)36)21(31-19(30-20)12-4-7-14(37-3)8-5-12)38-11-17(34)29-16-10-13(24(26,27)28)6-9-15(16)25/h4-10H,11H2,1-3H3,(H,29,34). The zero-order valence-corrected chi connectivity index (χ0v) is 21.7. The molecule has 0 saturated carbocycles. The van der Waals surface area contributed by atoms with Gasteiger partial charge in [0.05, 0.1) is 29.1 Å². The second-order valence-corrected chi connectivity index (χ2v) is 9.39. The van der Waals surface area contributed by atoms with Crippen molar-refractivity contribution in [2.75, 3.05) is 18.2 Å². The second-order valence-electron chi connectivity index (χ2n) is 8.01. The number of amides is 1. The van der Waals surface area contributed by atoms with Crippen LogP contribution in [0.3, 0.4) is 0 Å². The molecule has 0 aliphatic carbocycles. The molecular weight excluding hydrogens is 547 g/mol. The lowest BCUT2D eigenvalue weighted by molar-refractivity contribution is -0.137. The molecule has 0 radical (unpaired) electrons. The Kier molecular flexibility index (Phi) is 7.51.